The zero-order valence-corrected chi connectivity index (χ0v) is 6.60. The summed E-state index contributed by atoms with van der Waals surface area (Å²) >= 11 is 0. The highest BCUT2D eigenvalue weighted by atomic mass is 19.3. The molecule has 0 saturated carbocycles. The van der Waals surface area contributed by atoms with Gasteiger partial charge in [0.25, 0.3) is 0 Å². The van der Waals surface area contributed by atoms with Gasteiger partial charge < -0.3 is 5.11 Å². The molecule has 0 heterocycles. The first-order chi connectivity index (χ1) is 4.86. The fourth-order valence-electron chi connectivity index (χ4n) is 0.538. The topological polar surface area (TPSA) is 37.3 Å². The second kappa shape index (κ2) is 3.64. The van der Waals surface area contributed by atoms with E-state index in [9.17, 15) is 13.6 Å². The van der Waals surface area contributed by atoms with Gasteiger partial charge in [0.15, 0.2) is 0 Å². The highest BCUT2D eigenvalue weighted by Crippen LogP contribution is 2.29. The van der Waals surface area contributed by atoms with Crippen molar-refractivity contribution >= 4 is 5.97 Å². The number of carbonyl (C=O) groups is 1. The van der Waals surface area contributed by atoms with E-state index >= 15 is 0 Å². The van der Waals surface area contributed by atoms with Crippen LogP contribution in [0.5, 0.6) is 0 Å². The first kappa shape index (κ1) is 10.3. The molecule has 0 bridgehead atoms. The van der Waals surface area contributed by atoms with Crippen LogP contribution in [-0.4, -0.2) is 17.5 Å². The molecule has 0 spiro atoms. The largest absolute Gasteiger partial charge is 0.481 e. The van der Waals surface area contributed by atoms with Gasteiger partial charge in [-0.25, -0.2) is 8.78 Å². The van der Waals surface area contributed by atoms with Crippen LogP contribution in [0.15, 0.2) is 0 Å². The van der Waals surface area contributed by atoms with E-state index in [1.807, 2.05) is 0 Å². The van der Waals surface area contributed by atoms with Crippen molar-refractivity contribution in [3.8, 4) is 0 Å². The lowest BCUT2D eigenvalue weighted by Crippen LogP contribution is -2.22. The molecule has 0 amide bonds. The summed E-state index contributed by atoms with van der Waals surface area (Å²) in [5.41, 5.74) is -1.18. The maximum Gasteiger partial charge on any atom is 0.303 e. The molecule has 0 aliphatic rings. The second-order valence-corrected chi connectivity index (χ2v) is 3.18. The maximum atomic E-state index is 12.1. The lowest BCUT2D eigenvalue weighted by Gasteiger charge is -2.21. The Bertz CT molecular complexity index is 143. The van der Waals surface area contributed by atoms with Crippen molar-refractivity contribution in [3.63, 3.8) is 0 Å². The maximum absolute atomic E-state index is 12.1. The number of carboxylic acid groups (broad SMARTS) is 1. The number of halogens is 2. The Kier molecular flexibility index (Phi) is 3.42. The Labute approximate surface area is 64.2 Å². The highest BCUT2D eigenvalue weighted by molar-refractivity contribution is 5.66. The van der Waals surface area contributed by atoms with Crippen LogP contribution < -0.4 is 0 Å². The van der Waals surface area contributed by atoms with E-state index in [1.165, 1.54) is 13.8 Å². The molecule has 0 atom stereocenters. The van der Waals surface area contributed by atoms with E-state index < -0.39 is 17.8 Å². The quantitative estimate of drug-likeness (QED) is 0.694. The number of hydrogen-bond donors (Lipinski definition) is 1. The van der Waals surface area contributed by atoms with Crippen LogP contribution >= 0.6 is 0 Å². The molecule has 2 nitrogen and oxygen atoms in total. The monoisotopic (exact) mass is 166 g/mol. The van der Waals surface area contributed by atoms with E-state index in [4.69, 9.17) is 5.11 Å². The van der Waals surface area contributed by atoms with Crippen molar-refractivity contribution in [3.05, 3.63) is 0 Å². The molecular weight excluding hydrogens is 154 g/mol. The number of carboxylic acids is 1. The van der Waals surface area contributed by atoms with Crippen LogP contribution in [0.3, 0.4) is 0 Å². The molecule has 0 aromatic carbocycles. The smallest absolute Gasteiger partial charge is 0.303 e. The van der Waals surface area contributed by atoms with Crippen LogP contribution in [-0.2, 0) is 4.79 Å². The Morgan fingerprint density at radius 1 is 1.55 bits per heavy atom. The summed E-state index contributed by atoms with van der Waals surface area (Å²) in [4.78, 5) is 10.0. The van der Waals surface area contributed by atoms with Gasteiger partial charge in [-0.2, -0.15) is 0 Å². The summed E-state index contributed by atoms with van der Waals surface area (Å²) in [5.74, 6) is -1.03. The molecule has 0 aromatic rings. The Morgan fingerprint density at radius 2 is 2.00 bits per heavy atom. The Morgan fingerprint density at radius 3 is 2.27 bits per heavy atom. The van der Waals surface area contributed by atoms with Crippen molar-refractivity contribution in [1.82, 2.24) is 0 Å². The van der Waals surface area contributed by atoms with Gasteiger partial charge in [0, 0.05) is 11.8 Å². The molecule has 0 radical (unpaired) electrons. The zero-order valence-electron chi connectivity index (χ0n) is 6.60. The lowest BCUT2D eigenvalue weighted by atomic mass is 9.88. The summed E-state index contributed by atoms with van der Waals surface area (Å²) in [6.07, 6.45) is -2.64. The summed E-state index contributed by atoms with van der Waals surface area (Å²) in [7, 11) is 0. The SMILES string of the molecule is CC(C)(CCC(=O)O)C(F)F. The Hall–Kier alpha value is -0.670. The third-order valence-corrected chi connectivity index (χ3v) is 1.57. The van der Waals surface area contributed by atoms with E-state index in [0.717, 1.165) is 0 Å². The normalized spacial score (nSPS) is 12.1. The minimum absolute atomic E-state index is 0.0139. The van der Waals surface area contributed by atoms with Gasteiger partial charge >= 0.3 is 5.97 Å². The lowest BCUT2D eigenvalue weighted by molar-refractivity contribution is -0.138. The number of rotatable bonds is 4. The summed E-state index contributed by atoms with van der Waals surface area (Å²) < 4.78 is 24.1. The van der Waals surface area contributed by atoms with Crippen LogP contribution in [0.1, 0.15) is 26.7 Å². The van der Waals surface area contributed by atoms with Gasteiger partial charge in [0.05, 0.1) is 0 Å². The summed E-state index contributed by atoms with van der Waals surface area (Å²) in [6, 6.07) is 0. The number of alkyl halides is 2. The highest BCUT2D eigenvalue weighted by Gasteiger charge is 2.29. The standard InChI is InChI=1S/C7H12F2O2/c1-7(2,6(8)9)4-3-5(10)11/h6H,3-4H2,1-2H3,(H,10,11). The Balaban J connectivity index is 3.82. The molecule has 0 aliphatic heterocycles. The van der Waals surface area contributed by atoms with Gasteiger partial charge in [-0.05, 0) is 6.42 Å². The first-order valence-electron chi connectivity index (χ1n) is 3.36. The van der Waals surface area contributed by atoms with Crippen molar-refractivity contribution in [2.24, 2.45) is 5.41 Å². The van der Waals surface area contributed by atoms with Crippen LogP contribution in [0.4, 0.5) is 8.78 Å². The molecule has 0 saturated heterocycles. The molecule has 1 N–H and O–H groups in total. The summed E-state index contributed by atoms with van der Waals surface area (Å²) in [6.45, 7) is 2.72. The van der Waals surface area contributed by atoms with E-state index in [0.29, 0.717) is 0 Å². The third-order valence-electron chi connectivity index (χ3n) is 1.57. The molecule has 0 rings (SSSR count). The van der Waals surface area contributed by atoms with Gasteiger partial charge in [-0.1, -0.05) is 13.8 Å². The third kappa shape index (κ3) is 3.91. The molecule has 0 aromatic heterocycles. The predicted molar refractivity (Wildman–Crippen MR) is 36.7 cm³/mol. The summed E-state index contributed by atoms with van der Waals surface area (Å²) in [5, 5.41) is 8.21. The average Bonchev–Trinajstić information content (AvgIpc) is 1.84. The second-order valence-electron chi connectivity index (χ2n) is 3.18. The van der Waals surface area contributed by atoms with E-state index in [1.54, 1.807) is 0 Å². The number of aliphatic carboxylic acids is 1. The molecular formula is C7H12F2O2. The van der Waals surface area contributed by atoms with Gasteiger partial charge in [0.1, 0.15) is 0 Å². The molecule has 0 unspecified atom stereocenters. The van der Waals surface area contributed by atoms with Gasteiger partial charge in [-0.15, -0.1) is 0 Å². The van der Waals surface area contributed by atoms with Crippen molar-refractivity contribution in [2.75, 3.05) is 0 Å². The molecule has 11 heavy (non-hydrogen) atoms. The first-order valence-corrected chi connectivity index (χ1v) is 3.36. The fourth-order valence-corrected chi connectivity index (χ4v) is 0.538. The molecule has 66 valence electrons. The van der Waals surface area contributed by atoms with Crippen molar-refractivity contribution < 1.29 is 18.7 Å². The predicted octanol–water partition coefficient (Wildman–Crippen LogP) is 2.14. The average molecular weight is 166 g/mol. The van der Waals surface area contributed by atoms with Gasteiger partial charge in [0.2, 0.25) is 6.43 Å². The molecule has 0 fully saturated rings. The minimum atomic E-state index is -2.46. The van der Waals surface area contributed by atoms with Gasteiger partial charge in [-0.3, -0.25) is 4.79 Å². The number of hydrogen-bond acceptors (Lipinski definition) is 1. The van der Waals surface area contributed by atoms with Crippen LogP contribution in [0.2, 0.25) is 0 Å². The van der Waals surface area contributed by atoms with Crippen LogP contribution in [0, 0.1) is 5.41 Å². The zero-order chi connectivity index (χ0) is 9.07. The van der Waals surface area contributed by atoms with E-state index in [2.05, 4.69) is 0 Å². The fraction of sp³-hybridized carbons (Fsp3) is 0.857. The van der Waals surface area contributed by atoms with E-state index in [-0.39, 0.29) is 12.8 Å². The molecule has 0 aliphatic carbocycles. The minimum Gasteiger partial charge on any atom is -0.481 e. The van der Waals surface area contributed by atoms with Crippen molar-refractivity contribution in [1.29, 1.82) is 0 Å². The van der Waals surface area contributed by atoms with Crippen molar-refractivity contribution in [2.45, 2.75) is 33.1 Å². The molecule has 4 heteroatoms. The van der Waals surface area contributed by atoms with Crippen LogP contribution in [0.25, 0.3) is 0 Å².